The van der Waals surface area contributed by atoms with Gasteiger partial charge in [0.25, 0.3) is 5.91 Å². The summed E-state index contributed by atoms with van der Waals surface area (Å²) >= 11 is 0. The highest BCUT2D eigenvalue weighted by Gasteiger charge is 2.16. The van der Waals surface area contributed by atoms with Gasteiger partial charge < -0.3 is 14.8 Å². The fourth-order valence-electron chi connectivity index (χ4n) is 2.29. The van der Waals surface area contributed by atoms with Crippen LogP contribution in [-0.2, 0) is 4.79 Å². The van der Waals surface area contributed by atoms with Gasteiger partial charge in [0.2, 0.25) is 0 Å². The number of ether oxygens (including phenoxy) is 2. The zero-order valence-electron chi connectivity index (χ0n) is 15.5. The zero-order chi connectivity index (χ0) is 18.2. The Hall–Kier alpha value is -2.49. The van der Waals surface area contributed by atoms with Gasteiger partial charge in [0.15, 0.2) is 6.10 Å². The van der Waals surface area contributed by atoms with Crippen LogP contribution in [0.2, 0.25) is 0 Å². The Morgan fingerprint density at radius 1 is 1.12 bits per heavy atom. The van der Waals surface area contributed by atoms with Crippen molar-refractivity contribution >= 4 is 11.6 Å². The lowest BCUT2D eigenvalue weighted by atomic mass is 10.1. The summed E-state index contributed by atoms with van der Waals surface area (Å²) in [6.07, 6.45) is 1.55. The highest BCUT2D eigenvalue weighted by molar-refractivity contribution is 5.94. The molecule has 0 unspecified atom stereocenters. The number of benzene rings is 2. The van der Waals surface area contributed by atoms with Crippen LogP contribution in [0.3, 0.4) is 0 Å². The molecule has 0 bridgehead atoms. The maximum atomic E-state index is 12.3. The minimum absolute atomic E-state index is 0.180. The first kappa shape index (κ1) is 18.8. The molecule has 1 N–H and O–H groups in total. The van der Waals surface area contributed by atoms with Gasteiger partial charge in [-0.25, -0.2) is 0 Å². The minimum atomic E-state index is -0.582. The van der Waals surface area contributed by atoms with Crippen molar-refractivity contribution in [2.45, 2.75) is 46.6 Å². The van der Waals surface area contributed by atoms with Crippen molar-refractivity contribution in [3.8, 4) is 11.5 Å². The molecule has 0 heterocycles. The molecule has 1 amide bonds. The molecule has 0 aliphatic carbocycles. The van der Waals surface area contributed by atoms with Gasteiger partial charge in [-0.15, -0.1) is 0 Å². The summed E-state index contributed by atoms with van der Waals surface area (Å²) in [6.45, 7) is 8.56. The number of nitrogens with one attached hydrogen (secondary N) is 1. The molecule has 0 radical (unpaired) electrons. The molecule has 1 atom stereocenters. The normalized spacial score (nSPS) is 11.7. The van der Waals surface area contributed by atoms with Gasteiger partial charge in [0, 0.05) is 5.69 Å². The first-order valence-corrected chi connectivity index (χ1v) is 8.77. The van der Waals surface area contributed by atoms with Crippen molar-refractivity contribution in [2.24, 2.45) is 0 Å². The van der Waals surface area contributed by atoms with Crippen LogP contribution in [-0.4, -0.2) is 18.6 Å². The van der Waals surface area contributed by atoms with Crippen LogP contribution in [0.15, 0.2) is 42.5 Å². The Bertz CT molecular complexity index is 695. The maximum absolute atomic E-state index is 12.3. The van der Waals surface area contributed by atoms with Gasteiger partial charge in [-0.2, -0.15) is 0 Å². The molecule has 2 aromatic carbocycles. The van der Waals surface area contributed by atoms with Gasteiger partial charge in [0.1, 0.15) is 11.5 Å². The van der Waals surface area contributed by atoms with Crippen LogP contribution in [0, 0.1) is 13.8 Å². The third-order valence-corrected chi connectivity index (χ3v) is 3.91. The molecule has 4 heteroatoms. The highest BCUT2D eigenvalue weighted by atomic mass is 16.5. The zero-order valence-corrected chi connectivity index (χ0v) is 15.5. The molecule has 2 rings (SSSR count). The third-order valence-electron chi connectivity index (χ3n) is 3.91. The van der Waals surface area contributed by atoms with Gasteiger partial charge >= 0.3 is 0 Å². The van der Waals surface area contributed by atoms with Crippen molar-refractivity contribution in [3.63, 3.8) is 0 Å². The molecular weight excluding hydrogens is 314 g/mol. The minimum Gasteiger partial charge on any atom is -0.494 e. The molecule has 0 saturated carbocycles. The fourth-order valence-corrected chi connectivity index (χ4v) is 2.29. The molecular formula is C21H27NO3. The predicted octanol–water partition coefficient (Wildman–Crippen LogP) is 4.89. The van der Waals surface area contributed by atoms with Crippen molar-refractivity contribution < 1.29 is 14.3 Å². The Kier molecular flexibility index (Phi) is 6.87. The number of aryl methyl sites for hydroxylation is 2. The fraction of sp³-hybridized carbons (Fsp3) is 0.381. The van der Waals surface area contributed by atoms with Crippen LogP contribution in [0.5, 0.6) is 11.5 Å². The van der Waals surface area contributed by atoms with E-state index < -0.39 is 6.10 Å². The molecule has 0 spiro atoms. The van der Waals surface area contributed by atoms with Gasteiger partial charge in [-0.3, -0.25) is 4.79 Å². The molecule has 0 saturated heterocycles. The first-order valence-electron chi connectivity index (χ1n) is 8.77. The standard InChI is InChI=1S/C21H27NO3/c1-5-6-13-24-19-11-9-18(10-12-19)22-21(23)17(4)25-20-14-15(2)7-8-16(20)3/h7-12,14,17H,5-6,13H2,1-4H3,(H,22,23)/t17-/m0/s1. The number of rotatable bonds is 8. The van der Waals surface area contributed by atoms with E-state index in [4.69, 9.17) is 9.47 Å². The summed E-state index contributed by atoms with van der Waals surface area (Å²) in [4.78, 5) is 12.3. The van der Waals surface area contributed by atoms with Crippen LogP contribution < -0.4 is 14.8 Å². The average molecular weight is 341 g/mol. The molecule has 0 aliphatic rings. The lowest BCUT2D eigenvalue weighted by Gasteiger charge is -2.17. The van der Waals surface area contributed by atoms with E-state index in [9.17, 15) is 4.79 Å². The largest absolute Gasteiger partial charge is 0.494 e. The maximum Gasteiger partial charge on any atom is 0.265 e. The van der Waals surface area contributed by atoms with E-state index in [-0.39, 0.29) is 5.91 Å². The Balaban J connectivity index is 1.91. The van der Waals surface area contributed by atoms with Crippen molar-refractivity contribution in [3.05, 3.63) is 53.6 Å². The number of hydrogen-bond donors (Lipinski definition) is 1. The molecule has 0 aliphatic heterocycles. The third kappa shape index (κ3) is 5.82. The summed E-state index contributed by atoms with van der Waals surface area (Å²) in [5.41, 5.74) is 2.84. The lowest BCUT2D eigenvalue weighted by Crippen LogP contribution is -2.30. The van der Waals surface area contributed by atoms with Crippen molar-refractivity contribution in [1.82, 2.24) is 0 Å². The number of hydrogen-bond acceptors (Lipinski definition) is 3. The van der Waals surface area contributed by atoms with E-state index >= 15 is 0 Å². The monoisotopic (exact) mass is 341 g/mol. The number of carbonyl (C=O) groups is 1. The second kappa shape index (κ2) is 9.11. The van der Waals surface area contributed by atoms with E-state index in [0.29, 0.717) is 6.61 Å². The molecule has 0 fully saturated rings. The first-order chi connectivity index (χ1) is 12.0. The van der Waals surface area contributed by atoms with Crippen LogP contribution in [0.4, 0.5) is 5.69 Å². The topological polar surface area (TPSA) is 47.6 Å². The summed E-state index contributed by atoms with van der Waals surface area (Å²) < 4.78 is 11.4. The number of unbranched alkanes of at least 4 members (excludes halogenated alkanes) is 1. The van der Waals surface area contributed by atoms with Crippen LogP contribution >= 0.6 is 0 Å². The Labute approximate surface area is 150 Å². The quantitative estimate of drug-likeness (QED) is 0.696. The van der Waals surface area contributed by atoms with Crippen molar-refractivity contribution in [1.29, 1.82) is 0 Å². The van der Waals surface area contributed by atoms with E-state index in [0.717, 1.165) is 41.2 Å². The summed E-state index contributed by atoms with van der Waals surface area (Å²) in [7, 11) is 0. The second-order valence-electron chi connectivity index (χ2n) is 6.24. The lowest BCUT2D eigenvalue weighted by molar-refractivity contribution is -0.122. The van der Waals surface area contributed by atoms with E-state index in [1.165, 1.54) is 0 Å². The number of anilines is 1. The van der Waals surface area contributed by atoms with E-state index in [2.05, 4.69) is 12.2 Å². The molecule has 25 heavy (non-hydrogen) atoms. The van der Waals surface area contributed by atoms with Gasteiger partial charge in [0.05, 0.1) is 6.61 Å². The highest BCUT2D eigenvalue weighted by Crippen LogP contribution is 2.21. The summed E-state index contributed by atoms with van der Waals surface area (Å²) in [5, 5.41) is 2.87. The summed E-state index contributed by atoms with van der Waals surface area (Å²) in [6, 6.07) is 13.4. The molecule has 4 nitrogen and oxygen atoms in total. The van der Waals surface area contributed by atoms with Crippen LogP contribution in [0.25, 0.3) is 0 Å². The molecule has 0 aromatic heterocycles. The van der Waals surface area contributed by atoms with Crippen molar-refractivity contribution in [2.75, 3.05) is 11.9 Å². The molecule has 2 aromatic rings. The van der Waals surface area contributed by atoms with E-state index in [1.807, 2.05) is 56.3 Å². The van der Waals surface area contributed by atoms with Gasteiger partial charge in [-0.05, 0) is 68.7 Å². The molecule has 134 valence electrons. The average Bonchev–Trinajstić information content (AvgIpc) is 2.60. The van der Waals surface area contributed by atoms with Gasteiger partial charge in [-0.1, -0.05) is 25.5 Å². The van der Waals surface area contributed by atoms with Crippen LogP contribution in [0.1, 0.15) is 37.8 Å². The number of amides is 1. The second-order valence-corrected chi connectivity index (χ2v) is 6.24. The Morgan fingerprint density at radius 3 is 2.52 bits per heavy atom. The SMILES string of the molecule is CCCCOc1ccc(NC(=O)[C@H](C)Oc2cc(C)ccc2C)cc1. The predicted molar refractivity (Wildman–Crippen MR) is 101 cm³/mol. The smallest absolute Gasteiger partial charge is 0.265 e. The van der Waals surface area contributed by atoms with E-state index in [1.54, 1.807) is 6.92 Å². The number of carbonyl (C=O) groups excluding carboxylic acids is 1. The Morgan fingerprint density at radius 2 is 1.84 bits per heavy atom. The summed E-state index contributed by atoms with van der Waals surface area (Å²) in [5.74, 6) is 1.37.